The Bertz CT molecular complexity index is 1090. The van der Waals surface area contributed by atoms with Crippen LogP contribution in [-0.2, 0) is 9.47 Å². The Morgan fingerprint density at radius 1 is 1.27 bits per heavy atom. The van der Waals surface area contributed by atoms with Gasteiger partial charge in [0.25, 0.3) is 0 Å². The topological polar surface area (TPSA) is 96.7 Å². The highest BCUT2D eigenvalue weighted by Gasteiger charge is 2.47. The predicted octanol–water partition coefficient (Wildman–Crippen LogP) is 3.85. The molecule has 8 nitrogen and oxygen atoms in total. The number of aromatic nitrogens is 1. The second-order valence-electron chi connectivity index (χ2n) is 9.18. The highest BCUT2D eigenvalue weighted by Crippen LogP contribution is 2.40. The van der Waals surface area contributed by atoms with Crippen molar-refractivity contribution in [2.75, 3.05) is 31.6 Å². The number of likely N-dealkylation sites (tertiary alicyclic amines) is 1. The molecule has 0 spiro atoms. The minimum atomic E-state index is -0.515. The number of rotatable bonds is 5. The lowest BCUT2D eigenvalue weighted by molar-refractivity contribution is -0.111. The van der Waals surface area contributed by atoms with E-state index in [-0.39, 0.29) is 40.9 Å². The summed E-state index contributed by atoms with van der Waals surface area (Å²) < 4.78 is 31.9. The summed E-state index contributed by atoms with van der Waals surface area (Å²) in [4.78, 5) is 18.7. The number of anilines is 2. The summed E-state index contributed by atoms with van der Waals surface area (Å²) in [5.41, 5.74) is 0.824. The number of nitrogens with zero attached hydrogens (tertiary/aromatic N) is 3. The quantitative estimate of drug-likeness (QED) is 0.736. The number of ether oxygens (including phenoxy) is 3. The van der Waals surface area contributed by atoms with Gasteiger partial charge in [-0.25, -0.2) is 14.2 Å². The maximum atomic E-state index is 14.2. The summed E-state index contributed by atoms with van der Waals surface area (Å²) in [6.45, 7) is 3.96. The van der Waals surface area contributed by atoms with E-state index in [9.17, 15) is 9.18 Å². The molecule has 172 valence electrons. The molecule has 5 rings (SSSR count). The van der Waals surface area contributed by atoms with E-state index in [1.807, 2.05) is 13.0 Å². The molecule has 2 bridgehead atoms. The average Bonchev–Trinajstić information content (AvgIpc) is 3.51. The van der Waals surface area contributed by atoms with Gasteiger partial charge in [0.15, 0.2) is 0 Å². The molecule has 2 unspecified atom stereocenters. The Balaban J connectivity index is 1.26. The van der Waals surface area contributed by atoms with Crippen LogP contribution < -0.4 is 10.1 Å². The SMILES string of the molecule is CC1(OC(=O)N2CC3COCC(C2)C3Oc2cc(Nc3ccc(C#N)cc3F)ccn2)CC1. The molecule has 2 atom stereocenters. The van der Waals surface area contributed by atoms with Crippen LogP contribution in [0.25, 0.3) is 0 Å². The van der Waals surface area contributed by atoms with Crippen molar-refractivity contribution in [2.24, 2.45) is 11.8 Å². The van der Waals surface area contributed by atoms with Gasteiger partial charge in [-0.05, 0) is 44.0 Å². The number of carbonyl (C=O) groups excluding carboxylic acids is 1. The number of benzene rings is 1. The van der Waals surface area contributed by atoms with Crippen LogP contribution >= 0.6 is 0 Å². The fourth-order valence-corrected chi connectivity index (χ4v) is 4.33. The van der Waals surface area contributed by atoms with Crippen LogP contribution in [0, 0.1) is 29.0 Å². The van der Waals surface area contributed by atoms with Crippen LogP contribution in [-0.4, -0.2) is 54.0 Å². The zero-order valence-electron chi connectivity index (χ0n) is 18.3. The lowest BCUT2D eigenvalue weighted by Crippen LogP contribution is -2.59. The molecular formula is C24H25FN4O4. The normalized spacial score (nSPS) is 25.0. The van der Waals surface area contributed by atoms with E-state index in [1.54, 1.807) is 29.3 Å². The predicted molar refractivity (Wildman–Crippen MR) is 117 cm³/mol. The Labute approximate surface area is 191 Å². The van der Waals surface area contributed by atoms with Crippen molar-refractivity contribution in [3.8, 4) is 11.9 Å². The number of amides is 1. The maximum absolute atomic E-state index is 14.2. The van der Waals surface area contributed by atoms with Crippen molar-refractivity contribution in [3.63, 3.8) is 0 Å². The number of nitriles is 1. The number of hydrogen-bond acceptors (Lipinski definition) is 7. The Morgan fingerprint density at radius 2 is 2.03 bits per heavy atom. The molecule has 1 aliphatic carbocycles. The maximum Gasteiger partial charge on any atom is 0.410 e. The largest absolute Gasteiger partial charge is 0.473 e. The summed E-state index contributed by atoms with van der Waals surface area (Å²) in [6, 6.07) is 9.60. The van der Waals surface area contributed by atoms with Gasteiger partial charge < -0.3 is 24.4 Å². The minimum absolute atomic E-state index is 0.00597. The zero-order chi connectivity index (χ0) is 23.0. The molecule has 2 aliphatic heterocycles. The van der Waals surface area contributed by atoms with Gasteiger partial charge in [0.2, 0.25) is 5.88 Å². The van der Waals surface area contributed by atoms with Crippen molar-refractivity contribution >= 4 is 17.5 Å². The molecule has 1 saturated carbocycles. The van der Waals surface area contributed by atoms with Crippen LogP contribution in [0.3, 0.4) is 0 Å². The first-order valence-corrected chi connectivity index (χ1v) is 11.1. The Morgan fingerprint density at radius 3 is 2.70 bits per heavy atom. The van der Waals surface area contributed by atoms with E-state index in [0.29, 0.717) is 37.9 Å². The van der Waals surface area contributed by atoms with Crippen molar-refractivity contribution in [1.82, 2.24) is 9.88 Å². The summed E-state index contributed by atoms with van der Waals surface area (Å²) in [5.74, 6) is -0.0883. The number of nitrogens with one attached hydrogen (secondary N) is 1. The second kappa shape index (κ2) is 8.52. The Kier molecular flexibility index (Phi) is 5.54. The molecule has 0 radical (unpaired) electrons. The molecule has 1 aromatic carbocycles. The number of pyridine rings is 1. The summed E-state index contributed by atoms with van der Waals surface area (Å²) in [7, 11) is 0. The third-order valence-corrected chi connectivity index (χ3v) is 6.42. The number of fused-ring (bicyclic) bond motifs is 2. The summed E-state index contributed by atoms with van der Waals surface area (Å²) >= 11 is 0. The molecule has 1 amide bonds. The molecule has 9 heteroatoms. The van der Waals surface area contributed by atoms with Gasteiger partial charge in [-0.15, -0.1) is 0 Å². The molecule has 3 fully saturated rings. The highest BCUT2D eigenvalue weighted by molar-refractivity contribution is 5.69. The van der Waals surface area contributed by atoms with Crippen LogP contribution in [0.4, 0.5) is 20.6 Å². The summed E-state index contributed by atoms with van der Waals surface area (Å²) in [6.07, 6.45) is 3.01. The number of carbonyl (C=O) groups is 1. The molecule has 33 heavy (non-hydrogen) atoms. The van der Waals surface area contributed by atoms with Crippen molar-refractivity contribution in [1.29, 1.82) is 5.26 Å². The Hall–Kier alpha value is -3.38. The standard InChI is InChI=1S/C24H25FN4O4/c1-24(5-6-24)33-23(30)29-11-16-13-31-14-17(12-29)22(16)32-21-9-18(4-7-27-21)28-20-3-2-15(10-26)8-19(20)25/h2-4,7-9,16-17,22H,5-6,11-14H2,1H3,(H,27,28). The lowest BCUT2D eigenvalue weighted by atomic mass is 9.84. The molecule has 1 N–H and O–H groups in total. The molecular weight excluding hydrogens is 427 g/mol. The molecule has 2 aromatic rings. The van der Waals surface area contributed by atoms with E-state index in [0.717, 1.165) is 12.8 Å². The van der Waals surface area contributed by atoms with Crippen molar-refractivity contribution in [3.05, 3.63) is 47.9 Å². The van der Waals surface area contributed by atoms with E-state index in [1.165, 1.54) is 12.1 Å². The van der Waals surface area contributed by atoms with Gasteiger partial charge >= 0.3 is 6.09 Å². The van der Waals surface area contributed by atoms with Crippen LogP contribution in [0.15, 0.2) is 36.5 Å². The molecule has 3 aliphatic rings. The minimum Gasteiger partial charge on any atom is -0.473 e. The fourth-order valence-electron chi connectivity index (χ4n) is 4.33. The lowest BCUT2D eigenvalue weighted by Gasteiger charge is -2.46. The van der Waals surface area contributed by atoms with Gasteiger partial charge in [0, 0.05) is 42.9 Å². The first kappa shape index (κ1) is 21.5. The number of hydrogen-bond donors (Lipinski definition) is 1. The average molecular weight is 452 g/mol. The van der Waals surface area contributed by atoms with E-state index in [2.05, 4.69) is 10.3 Å². The third kappa shape index (κ3) is 4.71. The number of halogens is 1. The smallest absolute Gasteiger partial charge is 0.410 e. The molecule has 2 saturated heterocycles. The zero-order valence-corrected chi connectivity index (χ0v) is 18.3. The van der Waals surface area contributed by atoms with Gasteiger partial charge in [-0.1, -0.05) is 0 Å². The van der Waals surface area contributed by atoms with Crippen LogP contribution in [0.5, 0.6) is 5.88 Å². The second-order valence-corrected chi connectivity index (χ2v) is 9.18. The molecule has 3 heterocycles. The number of piperidine rings is 1. The van der Waals surface area contributed by atoms with Gasteiger partial charge in [-0.2, -0.15) is 5.26 Å². The highest BCUT2D eigenvalue weighted by atomic mass is 19.1. The first-order chi connectivity index (χ1) is 15.9. The summed E-state index contributed by atoms with van der Waals surface area (Å²) in [5, 5.41) is 11.9. The van der Waals surface area contributed by atoms with Crippen LogP contribution in [0.2, 0.25) is 0 Å². The van der Waals surface area contributed by atoms with Crippen LogP contribution in [0.1, 0.15) is 25.3 Å². The van der Waals surface area contributed by atoms with E-state index < -0.39 is 5.82 Å². The van der Waals surface area contributed by atoms with Gasteiger partial charge in [0.1, 0.15) is 17.5 Å². The van der Waals surface area contributed by atoms with E-state index in [4.69, 9.17) is 19.5 Å². The van der Waals surface area contributed by atoms with Crippen molar-refractivity contribution < 1.29 is 23.4 Å². The first-order valence-electron chi connectivity index (χ1n) is 11.1. The van der Waals surface area contributed by atoms with Gasteiger partial charge in [-0.3, -0.25) is 0 Å². The van der Waals surface area contributed by atoms with Gasteiger partial charge in [0.05, 0.1) is 30.5 Å². The fraction of sp³-hybridized carbons (Fsp3) is 0.458. The van der Waals surface area contributed by atoms with Crippen molar-refractivity contribution in [2.45, 2.75) is 31.5 Å². The third-order valence-electron chi connectivity index (χ3n) is 6.42. The van der Waals surface area contributed by atoms with E-state index >= 15 is 0 Å². The molecule has 1 aromatic heterocycles. The monoisotopic (exact) mass is 452 g/mol.